The summed E-state index contributed by atoms with van der Waals surface area (Å²) in [6, 6.07) is 6.81. The van der Waals surface area contributed by atoms with Crippen molar-refractivity contribution >= 4 is 0 Å². The number of rotatable bonds is 10. The molecule has 5 heteroatoms. The number of hydrogen-bond donors (Lipinski definition) is 1. The topological polar surface area (TPSA) is 30.5 Å². The van der Waals surface area contributed by atoms with Gasteiger partial charge < -0.3 is 14.8 Å². The highest BCUT2D eigenvalue weighted by Gasteiger charge is 2.13. The summed E-state index contributed by atoms with van der Waals surface area (Å²) in [6.07, 6.45) is 0.884. The zero-order chi connectivity index (χ0) is 15.7. The average molecular weight is 301 g/mol. The molecule has 0 bridgehead atoms. The highest BCUT2D eigenvalue weighted by atomic mass is 19.3. The van der Waals surface area contributed by atoms with Gasteiger partial charge in [0.2, 0.25) is 0 Å². The Hall–Kier alpha value is -1.20. The van der Waals surface area contributed by atoms with Crippen LogP contribution in [0.4, 0.5) is 8.78 Å². The van der Waals surface area contributed by atoms with E-state index in [0.29, 0.717) is 12.5 Å². The summed E-state index contributed by atoms with van der Waals surface area (Å²) in [7, 11) is 0. The molecule has 0 radical (unpaired) electrons. The number of benzene rings is 1. The molecule has 0 fully saturated rings. The smallest absolute Gasteiger partial charge is 0.387 e. The van der Waals surface area contributed by atoms with Gasteiger partial charge in [0.1, 0.15) is 5.75 Å². The normalized spacial score (nSPS) is 12.9. The molecule has 0 amide bonds. The fourth-order valence-electron chi connectivity index (χ4n) is 1.96. The minimum Gasteiger partial charge on any atom is -0.434 e. The van der Waals surface area contributed by atoms with Gasteiger partial charge >= 0.3 is 6.61 Å². The minimum absolute atomic E-state index is 0.0509. The Bertz CT molecular complexity index is 400. The van der Waals surface area contributed by atoms with Crippen LogP contribution in [0.25, 0.3) is 0 Å². The summed E-state index contributed by atoms with van der Waals surface area (Å²) in [4.78, 5) is 0. The molecule has 120 valence electrons. The van der Waals surface area contributed by atoms with Crippen LogP contribution in [-0.2, 0) is 4.74 Å². The fraction of sp³-hybridized carbons (Fsp3) is 0.625. The molecule has 3 nitrogen and oxygen atoms in total. The summed E-state index contributed by atoms with van der Waals surface area (Å²) < 4.78 is 34.8. The van der Waals surface area contributed by atoms with E-state index in [4.69, 9.17) is 4.74 Å². The summed E-state index contributed by atoms with van der Waals surface area (Å²) >= 11 is 0. The third-order valence-corrected chi connectivity index (χ3v) is 2.97. The predicted octanol–water partition coefficient (Wildman–Crippen LogP) is 4.00. The largest absolute Gasteiger partial charge is 0.434 e. The van der Waals surface area contributed by atoms with E-state index < -0.39 is 6.61 Å². The third-order valence-electron chi connectivity index (χ3n) is 2.97. The fourth-order valence-corrected chi connectivity index (χ4v) is 1.96. The lowest BCUT2D eigenvalue weighted by molar-refractivity contribution is -0.0506. The van der Waals surface area contributed by atoms with Crippen molar-refractivity contribution in [2.45, 2.75) is 39.8 Å². The molecule has 1 unspecified atom stereocenters. The van der Waals surface area contributed by atoms with E-state index in [-0.39, 0.29) is 11.8 Å². The number of ether oxygens (including phenoxy) is 2. The summed E-state index contributed by atoms with van der Waals surface area (Å²) in [6.45, 7) is 5.59. The van der Waals surface area contributed by atoms with Crippen LogP contribution in [0.15, 0.2) is 24.3 Å². The molecule has 0 aliphatic carbocycles. The first-order valence-electron chi connectivity index (χ1n) is 7.35. The van der Waals surface area contributed by atoms with E-state index >= 15 is 0 Å². The lowest BCUT2D eigenvalue weighted by Crippen LogP contribution is -2.22. The quantitative estimate of drug-likeness (QED) is 0.663. The van der Waals surface area contributed by atoms with Crippen molar-refractivity contribution in [3.63, 3.8) is 0 Å². The zero-order valence-corrected chi connectivity index (χ0v) is 12.9. The monoisotopic (exact) mass is 301 g/mol. The van der Waals surface area contributed by atoms with Gasteiger partial charge in [-0.15, -0.1) is 0 Å². The number of nitrogens with one attached hydrogen (secondary N) is 1. The van der Waals surface area contributed by atoms with Gasteiger partial charge in [-0.3, -0.25) is 0 Å². The van der Waals surface area contributed by atoms with Crippen molar-refractivity contribution in [3.8, 4) is 5.75 Å². The van der Waals surface area contributed by atoms with Gasteiger partial charge in [-0.05, 0) is 31.9 Å². The van der Waals surface area contributed by atoms with Crippen LogP contribution >= 0.6 is 0 Å². The number of alkyl halides is 2. The van der Waals surface area contributed by atoms with E-state index in [1.807, 2.05) is 13.0 Å². The minimum atomic E-state index is -2.80. The van der Waals surface area contributed by atoms with Gasteiger partial charge in [0.25, 0.3) is 0 Å². The molecule has 1 N–H and O–H groups in total. The molecule has 0 aliphatic rings. The number of halogens is 2. The molecule has 1 aromatic carbocycles. The summed E-state index contributed by atoms with van der Waals surface area (Å²) in [5.41, 5.74) is 0.737. The Kier molecular flexibility index (Phi) is 8.23. The van der Waals surface area contributed by atoms with E-state index in [0.717, 1.165) is 25.1 Å². The van der Waals surface area contributed by atoms with Crippen LogP contribution in [0.1, 0.15) is 38.8 Å². The van der Waals surface area contributed by atoms with E-state index in [1.54, 1.807) is 18.2 Å². The molecular weight excluding hydrogens is 276 g/mol. The molecule has 0 saturated carbocycles. The van der Waals surface area contributed by atoms with Crippen LogP contribution in [-0.4, -0.2) is 26.4 Å². The first-order chi connectivity index (χ1) is 10.0. The molecule has 1 atom stereocenters. The maximum absolute atomic E-state index is 12.4. The Morgan fingerprint density at radius 1 is 1.14 bits per heavy atom. The Morgan fingerprint density at radius 3 is 2.52 bits per heavy atom. The molecule has 0 aliphatic heterocycles. The van der Waals surface area contributed by atoms with Crippen LogP contribution in [0.5, 0.6) is 5.75 Å². The average Bonchev–Trinajstić information content (AvgIpc) is 2.42. The van der Waals surface area contributed by atoms with Crippen molar-refractivity contribution in [1.82, 2.24) is 5.32 Å². The predicted molar refractivity (Wildman–Crippen MR) is 79.8 cm³/mol. The van der Waals surface area contributed by atoms with E-state index in [2.05, 4.69) is 23.9 Å². The highest BCUT2D eigenvalue weighted by molar-refractivity contribution is 5.35. The standard InChI is InChI=1S/C16H25F2NO2/c1-12(2)11-20-10-6-9-19-13(3)14-7-4-5-8-15(14)21-16(17)18/h4-5,7-8,12-13,16,19H,6,9-11H2,1-3H3. The van der Waals surface area contributed by atoms with Crippen molar-refractivity contribution in [3.05, 3.63) is 29.8 Å². The summed E-state index contributed by atoms with van der Waals surface area (Å²) in [5.74, 6) is 0.763. The molecule has 1 aromatic rings. The first kappa shape index (κ1) is 17.9. The van der Waals surface area contributed by atoms with Crippen LogP contribution in [0.3, 0.4) is 0 Å². The second-order valence-corrected chi connectivity index (χ2v) is 5.41. The van der Waals surface area contributed by atoms with Crippen molar-refractivity contribution < 1.29 is 18.3 Å². The van der Waals surface area contributed by atoms with Crippen molar-refractivity contribution in [1.29, 1.82) is 0 Å². The molecule has 21 heavy (non-hydrogen) atoms. The Labute approximate surface area is 125 Å². The molecular formula is C16H25F2NO2. The van der Waals surface area contributed by atoms with Crippen molar-refractivity contribution in [2.24, 2.45) is 5.92 Å². The maximum Gasteiger partial charge on any atom is 0.387 e. The van der Waals surface area contributed by atoms with E-state index in [1.165, 1.54) is 0 Å². The van der Waals surface area contributed by atoms with Crippen molar-refractivity contribution in [2.75, 3.05) is 19.8 Å². The second kappa shape index (κ2) is 9.68. The molecule has 0 aromatic heterocycles. The molecule has 0 saturated heterocycles. The van der Waals surface area contributed by atoms with Gasteiger partial charge in [0.05, 0.1) is 0 Å². The third kappa shape index (κ3) is 7.39. The Balaban J connectivity index is 2.36. The molecule has 1 rings (SSSR count). The van der Waals surface area contributed by atoms with Crippen LogP contribution in [0, 0.1) is 5.92 Å². The molecule has 0 heterocycles. The SMILES string of the molecule is CC(C)COCCCNC(C)c1ccccc1OC(F)F. The van der Waals surface area contributed by atoms with Gasteiger partial charge in [0, 0.05) is 24.8 Å². The second-order valence-electron chi connectivity index (χ2n) is 5.41. The number of hydrogen-bond acceptors (Lipinski definition) is 3. The van der Waals surface area contributed by atoms with Crippen LogP contribution < -0.4 is 10.1 Å². The lowest BCUT2D eigenvalue weighted by atomic mass is 10.1. The maximum atomic E-state index is 12.4. The Morgan fingerprint density at radius 2 is 1.86 bits per heavy atom. The molecule has 0 spiro atoms. The van der Waals surface area contributed by atoms with Gasteiger partial charge in [-0.25, -0.2) is 0 Å². The van der Waals surface area contributed by atoms with Gasteiger partial charge in [-0.2, -0.15) is 8.78 Å². The van der Waals surface area contributed by atoms with Gasteiger partial charge in [0.15, 0.2) is 0 Å². The highest BCUT2D eigenvalue weighted by Crippen LogP contribution is 2.26. The van der Waals surface area contributed by atoms with Gasteiger partial charge in [-0.1, -0.05) is 32.0 Å². The first-order valence-corrected chi connectivity index (χ1v) is 7.35. The van der Waals surface area contributed by atoms with E-state index in [9.17, 15) is 8.78 Å². The lowest BCUT2D eigenvalue weighted by Gasteiger charge is -2.18. The number of para-hydroxylation sites is 1. The summed E-state index contributed by atoms with van der Waals surface area (Å²) in [5, 5.41) is 3.30. The van der Waals surface area contributed by atoms with Crippen LogP contribution in [0.2, 0.25) is 0 Å². The zero-order valence-electron chi connectivity index (χ0n) is 12.9.